The standard InChI is InChI=1S/C15H17BrN2O3S2/c1-2-4-14(19)17-15-18(11-6-3-5-10(16)7-11)12-8-23(20,21)9-13(12)22-15/h3,5-7,12-13H,2,4,8-9H2,1H3/t12-,13-/m0/s1. The molecule has 2 heterocycles. The summed E-state index contributed by atoms with van der Waals surface area (Å²) in [4.78, 5) is 18.1. The first-order valence-corrected chi connectivity index (χ1v) is 10.9. The molecule has 2 fully saturated rings. The van der Waals surface area contributed by atoms with E-state index in [0.29, 0.717) is 11.6 Å². The zero-order valence-corrected chi connectivity index (χ0v) is 15.8. The lowest BCUT2D eigenvalue weighted by Crippen LogP contribution is -2.37. The van der Waals surface area contributed by atoms with E-state index in [-0.39, 0.29) is 28.7 Å². The Morgan fingerprint density at radius 1 is 1.43 bits per heavy atom. The van der Waals surface area contributed by atoms with E-state index in [4.69, 9.17) is 0 Å². The van der Waals surface area contributed by atoms with Gasteiger partial charge in [0.2, 0.25) is 5.91 Å². The maximum Gasteiger partial charge on any atom is 0.248 e. The minimum Gasteiger partial charge on any atom is -0.316 e. The number of hydrogen-bond donors (Lipinski definition) is 0. The highest BCUT2D eigenvalue weighted by Crippen LogP contribution is 2.41. The smallest absolute Gasteiger partial charge is 0.248 e. The summed E-state index contributed by atoms with van der Waals surface area (Å²) in [6.45, 7) is 1.94. The molecule has 2 aliphatic rings. The molecule has 5 nitrogen and oxygen atoms in total. The third kappa shape index (κ3) is 3.64. The average molecular weight is 417 g/mol. The quantitative estimate of drug-likeness (QED) is 0.757. The van der Waals surface area contributed by atoms with Crippen molar-refractivity contribution in [1.82, 2.24) is 0 Å². The van der Waals surface area contributed by atoms with Crippen LogP contribution < -0.4 is 4.90 Å². The molecule has 0 N–H and O–H groups in total. The van der Waals surface area contributed by atoms with Crippen molar-refractivity contribution in [1.29, 1.82) is 0 Å². The molecule has 1 aromatic rings. The first-order chi connectivity index (χ1) is 10.9. The average Bonchev–Trinajstić information content (AvgIpc) is 2.89. The highest BCUT2D eigenvalue weighted by Gasteiger charge is 2.49. The SMILES string of the molecule is CCCC(=O)N=C1S[C@H]2CS(=O)(=O)C[C@@H]2N1c1cccc(Br)c1. The van der Waals surface area contributed by atoms with Gasteiger partial charge in [-0.25, -0.2) is 8.42 Å². The number of fused-ring (bicyclic) bond motifs is 1. The number of carbonyl (C=O) groups excluding carboxylic acids is 1. The number of rotatable bonds is 3. The molecule has 0 saturated carbocycles. The van der Waals surface area contributed by atoms with Crippen LogP contribution in [0.1, 0.15) is 19.8 Å². The molecule has 8 heteroatoms. The number of aliphatic imine (C=N–C) groups is 1. The van der Waals surface area contributed by atoms with Gasteiger partial charge in [0.1, 0.15) is 0 Å². The van der Waals surface area contributed by atoms with Gasteiger partial charge in [-0.05, 0) is 24.6 Å². The van der Waals surface area contributed by atoms with Gasteiger partial charge in [0.15, 0.2) is 15.0 Å². The van der Waals surface area contributed by atoms with Gasteiger partial charge in [-0.1, -0.05) is 40.7 Å². The van der Waals surface area contributed by atoms with E-state index >= 15 is 0 Å². The molecule has 2 aliphatic heterocycles. The number of sulfone groups is 1. The van der Waals surface area contributed by atoms with E-state index in [9.17, 15) is 13.2 Å². The van der Waals surface area contributed by atoms with Crippen molar-refractivity contribution in [3.8, 4) is 0 Å². The predicted octanol–water partition coefficient (Wildman–Crippen LogP) is 2.85. The Labute approximate surface area is 148 Å². The highest BCUT2D eigenvalue weighted by molar-refractivity contribution is 9.10. The van der Waals surface area contributed by atoms with E-state index in [1.807, 2.05) is 36.1 Å². The fourth-order valence-corrected chi connectivity index (χ4v) is 7.19. The summed E-state index contributed by atoms with van der Waals surface area (Å²) < 4.78 is 24.8. The lowest BCUT2D eigenvalue weighted by molar-refractivity contribution is -0.117. The first-order valence-electron chi connectivity index (χ1n) is 7.43. The van der Waals surface area contributed by atoms with Gasteiger partial charge < -0.3 is 4.90 Å². The van der Waals surface area contributed by atoms with Crippen molar-refractivity contribution in [3.63, 3.8) is 0 Å². The maximum atomic E-state index is 12.0. The number of amides is 1. The van der Waals surface area contributed by atoms with Crippen LogP contribution in [0.15, 0.2) is 33.7 Å². The zero-order valence-electron chi connectivity index (χ0n) is 12.6. The van der Waals surface area contributed by atoms with Gasteiger partial charge in [-0.15, -0.1) is 0 Å². The Morgan fingerprint density at radius 3 is 2.91 bits per heavy atom. The van der Waals surface area contributed by atoms with Gasteiger partial charge >= 0.3 is 0 Å². The fraction of sp³-hybridized carbons (Fsp3) is 0.467. The van der Waals surface area contributed by atoms with Crippen LogP contribution >= 0.6 is 27.7 Å². The van der Waals surface area contributed by atoms with Gasteiger partial charge in [-0.2, -0.15) is 4.99 Å². The molecule has 0 bridgehead atoms. The molecular weight excluding hydrogens is 400 g/mol. The monoisotopic (exact) mass is 416 g/mol. The Balaban J connectivity index is 1.99. The number of carbonyl (C=O) groups is 1. The molecular formula is C15H17BrN2O3S2. The van der Waals surface area contributed by atoms with Crippen molar-refractivity contribution < 1.29 is 13.2 Å². The molecule has 0 aromatic heterocycles. The summed E-state index contributed by atoms with van der Waals surface area (Å²) >= 11 is 4.85. The maximum absolute atomic E-state index is 12.0. The summed E-state index contributed by atoms with van der Waals surface area (Å²) in [7, 11) is -3.03. The molecule has 0 unspecified atom stereocenters. The van der Waals surface area contributed by atoms with Crippen LogP contribution in [0.3, 0.4) is 0 Å². The second-order valence-electron chi connectivity index (χ2n) is 5.69. The van der Waals surface area contributed by atoms with Crippen molar-refractivity contribution in [2.75, 3.05) is 16.4 Å². The number of thioether (sulfide) groups is 1. The molecule has 0 aliphatic carbocycles. The normalized spacial score (nSPS) is 27.4. The van der Waals surface area contributed by atoms with E-state index < -0.39 is 9.84 Å². The van der Waals surface area contributed by atoms with Gasteiger partial charge in [0.05, 0.1) is 17.5 Å². The molecule has 2 saturated heterocycles. The highest BCUT2D eigenvalue weighted by atomic mass is 79.9. The van der Waals surface area contributed by atoms with Crippen molar-refractivity contribution in [2.24, 2.45) is 4.99 Å². The van der Waals surface area contributed by atoms with Crippen LogP contribution in [-0.4, -0.2) is 42.3 Å². The van der Waals surface area contributed by atoms with Crippen molar-refractivity contribution >= 4 is 54.3 Å². The first kappa shape index (κ1) is 17.0. The van der Waals surface area contributed by atoms with E-state index in [2.05, 4.69) is 20.9 Å². The molecule has 3 rings (SSSR count). The second-order valence-corrected chi connectivity index (χ2v) is 9.96. The summed E-state index contributed by atoms with van der Waals surface area (Å²) in [5, 5.41) is 0.554. The molecule has 23 heavy (non-hydrogen) atoms. The lowest BCUT2D eigenvalue weighted by atomic mass is 10.2. The van der Waals surface area contributed by atoms with Gasteiger partial charge in [0, 0.05) is 21.8 Å². The largest absolute Gasteiger partial charge is 0.316 e. The third-order valence-electron chi connectivity index (χ3n) is 3.84. The topological polar surface area (TPSA) is 66.8 Å². The third-order valence-corrected chi connectivity index (χ3v) is 7.54. The number of anilines is 1. The van der Waals surface area contributed by atoms with Crippen LogP contribution in [-0.2, 0) is 14.6 Å². The minimum absolute atomic E-state index is 0.0628. The van der Waals surface area contributed by atoms with Crippen LogP contribution in [0, 0.1) is 0 Å². The van der Waals surface area contributed by atoms with Gasteiger partial charge in [0.25, 0.3) is 0 Å². The Kier molecular flexibility index (Phi) is 4.85. The molecule has 0 spiro atoms. The second kappa shape index (κ2) is 6.57. The summed E-state index contributed by atoms with van der Waals surface area (Å²) in [6.07, 6.45) is 1.16. The minimum atomic E-state index is -3.03. The number of hydrogen-bond acceptors (Lipinski definition) is 4. The summed E-state index contributed by atoms with van der Waals surface area (Å²) in [6, 6.07) is 7.49. The van der Waals surface area contributed by atoms with Crippen LogP contribution in [0.25, 0.3) is 0 Å². The van der Waals surface area contributed by atoms with E-state index in [1.54, 1.807) is 0 Å². The van der Waals surface area contributed by atoms with E-state index in [1.165, 1.54) is 11.8 Å². The molecule has 124 valence electrons. The Hall–Kier alpha value is -0.860. The van der Waals surface area contributed by atoms with E-state index in [0.717, 1.165) is 16.6 Å². The molecule has 2 atom stereocenters. The number of amidine groups is 1. The van der Waals surface area contributed by atoms with Crippen molar-refractivity contribution in [2.45, 2.75) is 31.1 Å². The fourth-order valence-electron chi connectivity index (χ4n) is 2.87. The molecule has 0 radical (unpaired) electrons. The van der Waals surface area contributed by atoms with Crippen LogP contribution in [0.5, 0.6) is 0 Å². The summed E-state index contributed by atoms with van der Waals surface area (Å²) in [5.41, 5.74) is 0.861. The van der Waals surface area contributed by atoms with Crippen molar-refractivity contribution in [3.05, 3.63) is 28.7 Å². The van der Waals surface area contributed by atoms with Crippen LogP contribution in [0.4, 0.5) is 5.69 Å². The zero-order chi connectivity index (χ0) is 16.6. The lowest BCUT2D eigenvalue weighted by Gasteiger charge is -2.24. The molecule has 1 aromatic carbocycles. The van der Waals surface area contributed by atoms with Crippen LogP contribution in [0.2, 0.25) is 0 Å². The van der Waals surface area contributed by atoms with Gasteiger partial charge in [-0.3, -0.25) is 4.79 Å². The Bertz CT molecular complexity index is 764. The number of benzene rings is 1. The predicted molar refractivity (Wildman–Crippen MR) is 97.8 cm³/mol. The number of halogens is 1. The number of nitrogens with zero attached hydrogens (tertiary/aromatic N) is 2. The summed E-state index contributed by atoms with van der Waals surface area (Å²) in [5.74, 6) is 0.101. The Morgan fingerprint density at radius 2 is 2.22 bits per heavy atom. The molecule has 1 amide bonds.